The van der Waals surface area contributed by atoms with Crippen LogP contribution in [0.4, 0.5) is 0 Å². The first-order valence-corrected chi connectivity index (χ1v) is 11.3. The number of benzene rings is 1. The molecule has 1 N–H and O–H groups in total. The van der Waals surface area contributed by atoms with E-state index in [2.05, 4.69) is 4.72 Å². The van der Waals surface area contributed by atoms with Gasteiger partial charge in [-0.3, -0.25) is 0 Å². The summed E-state index contributed by atoms with van der Waals surface area (Å²) in [7, 11) is -5.56. The Hall–Kier alpha value is -1.00. The zero-order chi connectivity index (χ0) is 19.3. The van der Waals surface area contributed by atoms with E-state index in [0.717, 1.165) is 11.8 Å². The number of nitrogens with one attached hydrogen (secondary N) is 1. The van der Waals surface area contributed by atoms with E-state index in [1.54, 1.807) is 21.0 Å². The number of aryl methyl sites for hydroxylation is 3. The summed E-state index contributed by atoms with van der Waals surface area (Å²) in [5, 5.41) is 0. The average Bonchev–Trinajstić information content (AvgIpc) is 2.43. The summed E-state index contributed by atoms with van der Waals surface area (Å²) in [5.74, 6) is 0. The number of hydrogen-bond acceptors (Lipinski definition) is 5. The zero-order valence-corrected chi connectivity index (χ0v) is 17.1. The van der Waals surface area contributed by atoms with Crippen molar-refractivity contribution in [3.05, 3.63) is 28.8 Å². The number of nitrogens with zero attached hydrogens (tertiary/aromatic N) is 1. The lowest BCUT2D eigenvalue weighted by atomic mass is 10.1. The van der Waals surface area contributed by atoms with Crippen LogP contribution in [0.2, 0.25) is 0 Å². The Morgan fingerprint density at radius 2 is 1.60 bits per heavy atom. The maximum atomic E-state index is 12.6. The first-order valence-electron chi connectivity index (χ1n) is 8.00. The number of hydrogen-bond donors (Lipinski definition) is 1. The zero-order valence-electron chi connectivity index (χ0n) is 15.5. The van der Waals surface area contributed by atoms with Crippen LogP contribution in [0.5, 0.6) is 0 Å². The number of ether oxygens (including phenoxy) is 1. The molecule has 144 valence electrons. The minimum atomic E-state index is -3.70. The lowest BCUT2D eigenvalue weighted by Crippen LogP contribution is -2.39. The Kier molecular flexibility index (Phi) is 8.01. The predicted octanol–water partition coefficient (Wildman–Crippen LogP) is 1.19. The van der Waals surface area contributed by atoms with Crippen LogP contribution >= 0.6 is 0 Å². The quantitative estimate of drug-likeness (QED) is 0.604. The van der Waals surface area contributed by atoms with Gasteiger partial charge in [0.25, 0.3) is 0 Å². The molecule has 0 aliphatic heterocycles. The molecule has 0 saturated heterocycles. The van der Waals surface area contributed by atoms with E-state index in [-0.39, 0.29) is 24.5 Å². The van der Waals surface area contributed by atoms with Crippen molar-refractivity contribution < 1.29 is 21.6 Å². The highest BCUT2D eigenvalue weighted by atomic mass is 32.2. The van der Waals surface area contributed by atoms with Crippen molar-refractivity contribution in [3.63, 3.8) is 0 Å². The van der Waals surface area contributed by atoms with E-state index in [0.29, 0.717) is 24.2 Å². The van der Waals surface area contributed by atoms with Gasteiger partial charge in [0.05, 0.1) is 11.2 Å². The average molecular weight is 393 g/mol. The summed E-state index contributed by atoms with van der Waals surface area (Å²) >= 11 is 0. The first kappa shape index (κ1) is 22.0. The Labute approximate surface area is 151 Å². The van der Waals surface area contributed by atoms with Gasteiger partial charge < -0.3 is 4.74 Å². The van der Waals surface area contributed by atoms with Crippen molar-refractivity contribution in [2.24, 2.45) is 0 Å². The maximum Gasteiger partial charge on any atom is 0.241 e. The van der Waals surface area contributed by atoms with Crippen LogP contribution in [0.25, 0.3) is 0 Å². The molecule has 0 bridgehead atoms. The van der Waals surface area contributed by atoms with Crippen LogP contribution in [0.15, 0.2) is 17.0 Å². The third-order valence-electron chi connectivity index (χ3n) is 3.75. The molecule has 1 rings (SSSR count). The molecule has 1 aromatic carbocycles. The monoisotopic (exact) mass is 392 g/mol. The molecule has 0 amide bonds. The Bertz CT molecular complexity index is 766. The van der Waals surface area contributed by atoms with Gasteiger partial charge in [0.15, 0.2) is 0 Å². The largest absolute Gasteiger partial charge is 0.385 e. The first-order chi connectivity index (χ1) is 11.5. The van der Waals surface area contributed by atoms with Gasteiger partial charge in [-0.25, -0.2) is 25.9 Å². The highest BCUT2D eigenvalue weighted by Gasteiger charge is 2.21. The summed E-state index contributed by atoms with van der Waals surface area (Å²) < 4.78 is 57.4. The fraction of sp³-hybridized carbons (Fsp3) is 0.625. The molecular formula is C16H28N2O5S2. The fourth-order valence-electron chi connectivity index (χ4n) is 2.80. The third-order valence-corrected chi connectivity index (χ3v) is 6.82. The van der Waals surface area contributed by atoms with Gasteiger partial charge in [-0.1, -0.05) is 17.7 Å². The van der Waals surface area contributed by atoms with Crippen LogP contribution in [-0.4, -0.2) is 60.7 Å². The molecule has 0 aliphatic carbocycles. The maximum absolute atomic E-state index is 12.6. The second-order valence-electron chi connectivity index (χ2n) is 6.13. The molecule has 0 aliphatic rings. The molecule has 0 aromatic heterocycles. The molecular weight excluding hydrogens is 364 g/mol. The van der Waals surface area contributed by atoms with E-state index in [9.17, 15) is 16.8 Å². The van der Waals surface area contributed by atoms with Crippen LogP contribution in [-0.2, 0) is 24.8 Å². The van der Waals surface area contributed by atoms with Crippen LogP contribution in [0, 0.1) is 20.8 Å². The molecule has 0 spiro atoms. The van der Waals surface area contributed by atoms with Crippen molar-refractivity contribution >= 4 is 20.0 Å². The summed E-state index contributed by atoms with van der Waals surface area (Å²) in [5.41, 5.74) is 2.34. The minimum absolute atomic E-state index is 0.00907. The van der Waals surface area contributed by atoms with Crippen molar-refractivity contribution in [1.29, 1.82) is 0 Å². The van der Waals surface area contributed by atoms with Gasteiger partial charge in [0.2, 0.25) is 20.0 Å². The van der Waals surface area contributed by atoms with Crippen molar-refractivity contribution in [2.75, 3.05) is 39.6 Å². The van der Waals surface area contributed by atoms with Crippen LogP contribution in [0.3, 0.4) is 0 Å². The molecule has 25 heavy (non-hydrogen) atoms. The van der Waals surface area contributed by atoms with Crippen molar-refractivity contribution in [1.82, 2.24) is 9.03 Å². The third kappa shape index (κ3) is 6.67. The van der Waals surface area contributed by atoms with Crippen LogP contribution in [0.1, 0.15) is 23.1 Å². The van der Waals surface area contributed by atoms with Gasteiger partial charge in [0, 0.05) is 33.4 Å². The number of sulfonamides is 2. The summed E-state index contributed by atoms with van der Waals surface area (Å²) in [6, 6.07) is 3.63. The summed E-state index contributed by atoms with van der Waals surface area (Å²) in [6.07, 6.45) is 1.66. The van der Waals surface area contributed by atoms with Gasteiger partial charge >= 0.3 is 0 Å². The second kappa shape index (κ2) is 9.09. The molecule has 1 aromatic rings. The highest BCUT2D eigenvalue weighted by molar-refractivity contribution is 7.89. The van der Waals surface area contributed by atoms with Gasteiger partial charge in [-0.2, -0.15) is 0 Å². The fourth-order valence-corrected chi connectivity index (χ4v) is 5.15. The molecule has 0 heterocycles. The molecule has 0 fully saturated rings. The van der Waals surface area contributed by atoms with Gasteiger partial charge in [0.1, 0.15) is 0 Å². The second-order valence-corrected chi connectivity index (χ2v) is 9.82. The SMILES string of the molecule is COCCCN(CCNS(=O)(=O)c1c(C)cc(C)cc1C)S(C)(=O)=O. The van der Waals surface area contributed by atoms with Gasteiger partial charge in [-0.15, -0.1) is 0 Å². The standard InChI is InChI=1S/C16H28N2O5S2/c1-13-11-14(2)16(15(3)12-13)25(21,22)17-7-9-18(24(5,19)20)8-6-10-23-4/h11-12,17H,6-10H2,1-5H3. The molecule has 7 nitrogen and oxygen atoms in total. The van der Waals surface area contributed by atoms with Crippen LogP contribution < -0.4 is 4.72 Å². The molecule has 0 saturated carbocycles. The Morgan fingerprint density at radius 3 is 2.08 bits per heavy atom. The van der Waals surface area contributed by atoms with Crippen molar-refractivity contribution in [2.45, 2.75) is 32.1 Å². The van der Waals surface area contributed by atoms with E-state index < -0.39 is 20.0 Å². The highest BCUT2D eigenvalue weighted by Crippen LogP contribution is 2.21. The smallest absolute Gasteiger partial charge is 0.241 e. The lowest BCUT2D eigenvalue weighted by molar-refractivity contribution is 0.187. The summed E-state index contributed by atoms with van der Waals surface area (Å²) in [4.78, 5) is 0.253. The topological polar surface area (TPSA) is 92.8 Å². The Morgan fingerprint density at radius 1 is 1.04 bits per heavy atom. The molecule has 0 radical (unpaired) electrons. The normalized spacial score (nSPS) is 12.7. The number of rotatable bonds is 10. The van der Waals surface area contributed by atoms with E-state index in [1.807, 2.05) is 19.1 Å². The van der Waals surface area contributed by atoms with Gasteiger partial charge in [-0.05, 0) is 38.3 Å². The summed E-state index contributed by atoms with van der Waals surface area (Å²) in [6.45, 7) is 6.23. The molecule has 9 heteroatoms. The van der Waals surface area contributed by atoms with Crippen molar-refractivity contribution in [3.8, 4) is 0 Å². The van der Waals surface area contributed by atoms with E-state index >= 15 is 0 Å². The van der Waals surface area contributed by atoms with E-state index in [1.165, 1.54) is 4.31 Å². The minimum Gasteiger partial charge on any atom is -0.385 e. The predicted molar refractivity (Wildman–Crippen MR) is 98.8 cm³/mol. The molecule has 0 unspecified atom stereocenters. The lowest BCUT2D eigenvalue weighted by Gasteiger charge is -2.20. The Balaban J connectivity index is 2.82. The number of methoxy groups -OCH3 is 1. The van der Waals surface area contributed by atoms with E-state index in [4.69, 9.17) is 4.74 Å². The molecule has 0 atom stereocenters.